The van der Waals surface area contributed by atoms with Crippen molar-refractivity contribution in [1.82, 2.24) is 14.7 Å². The van der Waals surface area contributed by atoms with Gasteiger partial charge in [0.1, 0.15) is 0 Å². The molecule has 0 atom stereocenters. The van der Waals surface area contributed by atoms with E-state index in [1.165, 1.54) is 34.9 Å². The first-order chi connectivity index (χ1) is 12.5. The first kappa shape index (κ1) is 17.9. The molecule has 0 saturated heterocycles. The number of carboxylic acids is 1. The Morgan fingerprint density at radius 2 is 2.15 bits per heavy atom. The second kappa shape index (κ2) is 7.12. The van der Waals surface area contributed by atoms with Gasteiger partial charge in [0.25, 0.3) is 5.91 Å². The van der Waals surface area contributed by atoms with Crippen LogP contribution >= 0.6 is 0 Å². The molecule has 0 bridgehead atoms. The Kier molecular flexibility index (Phi) is 4.90. The average molecular weight is 363 g/mol. The summed E-state index contributed by atoms with van der Waals surface area (Å²) in [7, 11) is 1.28. The van der Waals surface area contributed by atoms with E-state index >= 15 is 0 Å². The van der Waals surface area contributed by atoms with Crippen molar-refractivity contribution in [1.29, 1.82) is 0 Å². The molecule has 2 N–H and O–H groups in total. The molecular weight excluding hydrogens is 345 g/mol. The Morgan fingerprint density at radius 1 is 1.38 bits per heavy atom. The van der Waals surface area contributed by atoms with Crippen LogP contribution in [0.25, 0.3) is 0 Å². The van der Waals surface area contributed by atoms with Gasteiger partial charge in [-0.05, 0) is 12.1 Å². The summed E-state index contributed by atoms with van der Waals surface area (Å²) in [5.41, 5.74) is 1.06. The minimum absolute atomic E-state index is 0.0426. The number of carbonyl (C=O) groups excluding carboxylic acids is 1. The van der Waals surface area contributed by atoms with E-state index in [1.54, 1.807) is 0 Å². The van der Waals surface area contributed by atoms with E-state index in [1.807, 2.05) is 0 Å². The number of hydrogen-bond acceptors (Lipinski definition) is 5. The van der Waals surface area contributed by atoms with Gasteiger partial charge >= 0.3 is 5.97 Å². The van der Waals surface area contributed by atoms with Crippen LogP contribution in [0.2, 0.25) is 0 Å². The number of aromatic carboxylic acids is 1. The van der Waals surface area contributed by atoms with E-state index in [4.69, 9.17) is 9.84 Å². The van der Waals surface area contributed by atoms with Gasteiger partial charge in [-0.3, -0.25) is 9.48 Å². The molecule has 1 aromatic heterocycles. The summed E-state index contributed by atoms with van der Waals surface area (Å²) in [4.78, 5) is 25.7. The highest BCUT2D eigenvalue weighted by molar-refractivity contribution is 5.97. The summed E-state index contributed by atoms with van der Waals surface area (Å²) < 4.78 is 20.3. The predicted molar refractivity (Wildman–Crippen MR) is 87.7 cm³/mol. The Labute approximate surface area is 148 Å². The maximum atomic E-state index is 13.9. The highest BCUT2D eigenvalue weighted by Gasteiger charge is 2.31. The monoisotopic (exact) mass is 363 g/mol. The quantitative estimate of drug-likeness (QED) is 0.819. The van der Waals surface area contributed by atoms with Crippen LogP contribution in [0.5, 0.6) is 5.75 Å². The van der Waals surface area contributed by atoms with Gasteiger partial charge in [-0.1, -0.05) is 6.07 Å². The summed E-state index contributed by atoms with van der Waals surface area (Å²) in [6, 6.07) is 4.08. The number of nitrogens with zero attached hydrogens (tertiary/aromatic N) is 3. The SMILES string of the molecule is COc1c(F)cccc1C(=O)N1CCc2c(c(C(=O)O)nn2CCO)C1. The van der Waals surface area contributed by atoms with Gasteiger partial charge in [-0.2, -0.15) is 5.10 Å². The molecular formula is C17H18FN3O5. The fourth-order valence-electron chi connectivity index (χ4n) is 3.17. The van der Waals surface area contributed by atoms with Crippen molar-refractivity contribution >= 4 is 11.9 Å². The van der Waals surface area contributed by atoms with Crippen LogP contribution in [0, 0.1) is 5.82 Å². The van der Waals surface area contributed by atoms with E-state index in [9.17, 15) is 19.1 Å². The molecule has 2 heterocycles. The van der Waals surface area contributed by atoms with Gasteiger partial charge in [0, 0.05) is 24.2 Å². The molecule has 0 spiro atoms. The van der Waals surface area contributed by atoms with Gasteiger partial charge in [0.15, 0.2) is 17.3 Å². The zero-order valence-electron chi connectivity index (χ0n) is 14.1. The van der Waals surface area contributed by atoms with Crippen molar-refractivity contribution in [3.8, 4) is 5.75 Å². The Bertz CT molecular complexity index is 864. The largest absolute Gasteiger partial charge is 0.493 e. The Morgan fingerprint density at radius 3 is 2.81 bits per heavy atom. The number of methoxy groups -OCH3 is 1. The molecule has 1 aliphatic heterocycles. The number of benzene rings is 1. The van der Waals surface area contributed by atoms with Crippen molar-refractivity contribution in [2.45, 2.75) is 19.5 Å². The molecule has 0 fully saturated rings. The van der Waals surface area contributed by atoms with Gasteiger partial charge in [0.2, 0.25) is 0 Å². The maximum Gasteiger partial charge on any atom is 0.356 e. The van der Waals surface area contributed by atoms with E-state index < -0.39 is 17.7 Å². The molecule has 0 unspecified atom stereocenters. The average Bonchev–Trinajstić information content (AvgIpc) is 2.99. The second-order valence-corrected chi connectivity index (χ2v) is 5.82. The zero-order valence-corrected chi connectivity index (χ0v) is 14.1. The summed E-state index contributed by atoms with van der Waals surface area (Å²) >= 11 is 0. The molecule has 8 nitrogen and oxygen atoms in total. The van der Waals surface area contributed by atoms with Crippen LogP contribution in [-0.4, -0.2) is 57.0 Å². The lowest BCUT2D eigenvalue weighted by Gasteiger charge is -2.28. The van der Waals surface area contributed by atoms with Gasteiger partial charge < -0.3 is 19.8 Å². The summed E-state index contributed by atoms with van der Waals surface area (Å²) in [5.74, 6) is -2.43. The standard InChI is InChI=1S/C17H18FN3O5/c1-26-15-10(3-2-4-12(15)18)16(23)20-6-5-13-11(9-20)14(17(24)25)19-21(13)7-8-22/h2-4,22H,5-9H2,1H3,(H,24,25). The summed E-state index contributed by atoms with van der Waals surface area (Å²) in [6.07, 6.45) is 0.388. The van der Waals surface area contributed by atoms with Crippen molar-refractivity contribution in [3.05, 3.63) is 46.5 Å². The minimum atomic E-state index is -1.20. The third-order valence-corrected chi connectivity index (χ3v) is 4.34. The molecule has 0 radical (unpaired) electrons. The van der Waals surface area contributed by atoms with Crippen molar-refractivity contribution in [2.75, 3.05) is 20.3 Å². The fourth-order valence-corrected chi connectivity index (χ4v) is 3.17. The van der Waals surface area contributed by atoms with Crippen LogP contribution in [-0.2, 0) is 19.5 Å². The number of carbonyl (C=O) groups is 2. The molecule has 3 rings (SSSR count). The summed E-state index contributed by atoms with van der Waals surface area (Å²) in [6.45, 7) is 0.375. The number of fused-ring (bicyclic) bond motifs is 1. The minimum Gasteiger partial charge on any atom is -0.493 e. The van der Waals surface area contributed by atoms with E-state index in [0.717, 1.165) is 0 Å². The molecule has 1 amide bonds. The van der Waals surface area contributed by atoms with Crippen LogP contribution in [0.3, 0.4) is 0 Å². The Balaban J connectivity index is 1.94. The van der Waals surface area contributed by atoms with Crippen molar-refractivity contribution in [3.63, 3.8) is 0 Å². The number of ether oxygens (including phenoxy) is 1. The highest BCUT2D eigenvalue weighted by atomic mass is 19.1. The number of aliphatic hydroxyl groups is 1. The van der Waals surface area contributed by atoms with Crippen LogP contribution < -0.4 is 4.74 Å². The highest BCUT2D eigenvalue weighted by Crippen LogP contribution is 2.28. The lowest BCUT2D eigenvalue weighted by atomic mass is 10.0. The number of halogens is 1. The normalized spacial score (nSPS) is 13.4. The smallest absolute Gasteiger partial charge is 0.356 e. The van der Waals surface area contributed by atoms with Crippen LogP contribution in [0.4, 0.5) is 4.39 Å². The second-order valence-electron chi connectivity index (χ2n) is 5.82. The topological polar surface area (TPSA) is 105 Å². The maximum absolute atomic E-state index is 13.9. The Hall–Kier alpha value is -2.94. The number of amides is 1. The van der Waals surface area contributed by atoms with E-state index in [-0.39, 0.29) is 36.7 Å². The third-order valence-electron chi connectivity index (χ3n) is 4.34. The number of aromatic nitrogens is 2. The number of hydrogen-bond donors (Lipinski definition) is 2. The van der Waals surface area contributed by atoms with Gasteiger partial charge in [-0.25, -0.2) is 9.18 Å². The lowest BCUT2D eigenvalue weighted by Crippen LogP contribution is -2.37. The van der Waals surface area contributed by atoms with E-state index in [2.05, 4.69) is 5.10 Å². The molecule has 138 valence electrons. The molecule has 0 saturated carbocycles. The predicted octanol–water partition coefficient (Wildman–Crippen LogP) is 0.920. The molecule has 0 aliphatic carbocycles. The molecule has 26 heavy (non-hydrogen) atoms. The van der Waals surface area contributed by atoms with Crippen LogP contribution in [0.1, 0.15) is 32.1 Å². The lowest BCUT2D eigenvalue weighted by molar-refractivity contribution is 0.0673. The third kappa shape index (κ3) is 3.01. The summed E-state index contributed by atoms with van der Waals surface area (Å²) in [5, 5.41) is 22.5. The number of rotatable bonds is 5. The first-order valence-electron chi connectivity index (χ1n) is 8.02. The number of para-hydroxylation sites is 1. The van der Waals surface area contributed by atoms with E-state index in [0.29, 0.717) is 24.2 Å². The molecule has 2 aromatic rings. The van der Waals surface area contributed by atoms with Crippen molar-refractivity contribution < 1.29 is 28.9 Å². The molecule has 1 aromatic carbocycles. The van der Waals surface area contributed by atoms with Gasteiger partial charge in [0.05, 0.1) is 32.4 Å². The molecule has 9 heteroatoms. The molecule has 1 aliphatic rings. The number of carboxylic acid groups (broad SMARTS) is 1. The fraction of sp³-hybridized carbons (Fsp3) is 0.353. The van der Waals surface area contributed by atoms with Gasteiger partial charge in [-0.15, -0.1) is 0 Å². The van der Waals surface area contributed by atoms with Crippen molar-refractivity contribution in [2.24, 2.45) is 0 Å². The first-order valence-corrected chi connectivity index (χ1v) is 8.02. The number of aliphatic hydroxyl groups excluding tert-OH is 1. The van der Waals surface area contributed by atoms with Crippen LogP contribution in [0.15, 0.2) is 18.2 Å². The zero-order chi connectivity index (χ0) is 18.8.